The van der Waals surface area contributed by atoms with Crippen molar-refractivity contribution in [2.24, 2.45) is 0 Å². The number of benzene rings is 2. The van der Waals surface area contributed by atoms with Crippen molar-refractivity contribution >= 4 is 34.1 Å². The van der Waals surface area contributed by atoms with Crippen molar-refractivity contribution in [3.8, 4) is 11.5 Å². The van der Waals surface area contributed by atoms with Crippen molar-refractivity contribution in [3.05, 3.63) is 64.8 Å². The molecule has 0 bridgehead atoms. The number of para-hydroxylation sites is 1. The largest absolute Gasteiger partial charge is 0.457 e. The van der Waals surface area contributed by atoms with Crippen LogP contribution in [0.5, 0.6) is 11.5 Å². The van der Waals surface area contributed by atoms with E-state index in [1.165, 1.54) is 0 Å². The van der Waals surface area contributed by atoms with E-state index in [1.54, 1.807) is 6.20 Å². The van der Waals surface area contributed by atoms with Crippen LogP contribution in [0.4, 0.5) is 0 Å². The van der Waals surface area contributed by atoms with Gasteiger partial charge in [0.05, 0.1) is 15.6 Å². The Hall–Kier alpha value is -1.77. The first-order valence-electron chi connectivity index (χ1n) is 5.71. The summed E-state index contributed by atoms with van der Waals surface area (Å²) in [6, 6.07) is 15.1. The van der Waals surface area contributed by atoms with Gasteiger partial charge in [0.2, 0.25) is 0 Å². The van der Waals surface area contributed by atoms with Crippen LogP contribution in [0, 0.1) is 0 Å². The van der Waals surface area contributed by atoms with Gasteiger partial charge in [0.15, 0.2) is 0 Å². The second kappa shape index (κ2) is 5.08. The number of halogens is 2. The van der Waals surface area contributed by atoms with Gasteiger partial charge in [-0.25, -0.2) is 0 Å². The number of fused-ring (bicyclic) bond motifs is 1. The fourth-order valence-corrected chi connectivity index (χ4v) is 2.15. The minimum Gasteiger partial charge on any atom is -0.457 e. The van der Waals surface area contributed by atoms with E-state index < -0.39 is 0 Å². The summed E-state index contributed by atoms with van der Waals surface area (Å²) >= 11 is 12.1. The molecule has 94 valence electrons. The number of hydrogen-bond donors (Lipinski definition) is 0. The number of aromatic nitrogens is 1. The van der Waals surface area contributed by atoms with Gasteiger partial charge in [-0.2, -0.15) is 0 Å². The maximum Gasteiger partial charge on any atom is 0.128 e. The van der Waals surface area contributed by atoms with Crippen LogP contribution in [0.2, 0.25) is 10.0 Å². The molecule has 3 aromatic rings. The van der Waals surface area contributed by atoms with Gasteiger partial charge < -0.3 is 4.74 Å². The lowest BCUT2D eigenvalue weighted by Gasteiger charge is -2.07. The highest BCUT2D eigenvalue weighted by atomic mass is 35.5. The molecule has 0 atom stereocenters. The maximum absolute atomic E-state index is 6.17. The van der Waals surface area contributed by atoms with Gasteiger partial charge in [0, 0.05) is 11.6 Å². The molecule has 0 fully saturated rings. The van der Waals surface area contributed by atoms with Crippen LogP contribution in [0.1, 0.15) is 0 Å². The Bertz CT molecular complexity index is 729. The third kappa shape index (κ3) is 2.50. The Morgan fingerprint density at radius 1 is 0.895 bits per heavy atom. The number of ether oxygens (including phenoxy) is 1. The average Bonchev–Trinajstić information content (AvgIpc) is 2.45. The Morgan fingerprint density at radius 3 is 2.47 bits per heavy atom. The molecule has 0 saturated heterocycles. The molecular formula is C15H9Cl2NO. The summed E-state index contributed by atoms with van der Waals surface area (Å²) in [6.45, 7) is 0. The molecule has 2 nitrogen and oxygen atoms in total. The molecule has 4 heteroatoms. The van der Waals surface area contributed by atoms with Crippen molar-refractivity contribution in [1.82, 2.24) is 4.98 Å². The van der Waals surface area contributed by atoms with E-state index in [0.717, 1.165) is 16.7 Å². The molecular weight excluding hydrogens is 281 g/mol. The minimum absolute atomic E-state index is 0.436. The summed E-state index contributed by atoms with van der Waals surface area (Å²) in [6.07, 6.45) is 1.55. The van der Waals surface area contributed by atoms with Gasteiger partial charge >= 0.3 is 0 Å². The zero-order chi connectivity index (χ0) is 13.2. The average molecular weight is 290 g/mol. The first kappa shape index (κ1) is 12.3. The van der Waals surface area contributed by atoms with Crippen LogP contribution in [-0.2, 0) is 0 Å². The first-order chi connectivity index (χ1) is 9.24. The second-order valence-electron chi connectivity index (χ2n) is 4.01. The van der Waals surface area contributed by atoms with Gasteiger partial charge in [-0.15, -0.1) is 0 Å². The lowest BCUT2D eigenvalue weighted by molar-refractivity contribution is 0.483. The summed E-state index contributed by atoms with van der Waals surface area (Å²) in [5, 5.41) is 1.71. The van der Waals surface area contributed by atoms with Crippen LogP contribution in [0.15, 0.2) is 54.7 Å². The molecule has 0 saturated carbocycles. The predicted molar refractivity (Wildman–Crippen MR) is 78.3 cm³/mol. The van der Waals surface area contributed by atoms with Crippen molar-refractivity contribution in [3.63, 3.8) is 0 Å². The van der Waals surface area contributed by atoms with Crippen molar-refractivity contribution in [2.75, 3.05) is 0 Å². The van der Waals surface area contributed by atoms with Crippen LogP contribution in [0.25, 0.3) is 10.9 Å². The molecule has 0 aliphatic rings. The molecule has 0 amide bonds. The van der Waals surface area contributed by atoms with Crippen LogP contribution in [-0.4, -0.2) is 4.98 Å². The predicted octanol–water partition coefficient (Wildman–Crippen LogP) is 5.33. The molecule has 0 radical (unpaired) electrons. The quantitative estimate of drug-likeness (QED) is 0.636. The molecule has 0 unspecified atom stereocenters. The fourth-order valence-electron chi connectivity index (χ4n) is 1.80. The van der Waals surface area contributed by atoms with Gasteiger partial charge in [-0.1, -0.05) is 41.4 Å². The highest BCUT2D eigenvalue weighted by Crippen LogP contribution is 2.32. The third-order valence-corrected chi connectivity index (χ3v) is 3.50. The molecule has 19 heavy (non-hydrogen) atoms. The molecule has 2 aromatic carbocycles. The minimum atomic E-state index is 0.436. The maximum atomic E-state index is 6.17. The lowest BCUT2D eigenvalue weighted by Crippen LogP contribution is -1.86. The smallest absolute Gasteiger partial charge is 0.128 e. The fraction of sp³-hybridized carbons (Fsp3) is 0. The van der Waals surface area contributed by atoms with E-state index in [2.05, 4.69) is 4.98 Å². The summed E-state index contributed by atoms with van der Waals surface area (Å²) in [5.41, 5.74) is 0.787. The van der Waals surface area contributed by atoms with Crippen molar-refractivity contribution in [1.29, 1.82) is 0 Å². The summed E-state index contributed by atoms with van der Waals surface area (Å²) in [7, 11) is 0. The molecule has 3 rings (SSSR count). The van der Waals surface area contributed by atoms with E-state index in [4.69, 9.17) is 27.9 Å². The Morgan fingerprint density at radius 2 is 1.68 bits per heavy atom. The molecule has 0 aliphatic heterocycles. The van der Waals surface area contributed by atoms with Gasteiger partial charge in [-0.05, 0) is 30.3 Å². The van der Waals surface area contributed by atoms with E-state index in [-0.39, 0.29) is 0 Å². The van der Waals surface area contributed by atoms with E-state index >= 15 is 0 Å². The molecule has 1 heterocycles. The van der Waals surface area contributed by atoms with Crippen molar-refractivity contribution in [2.45, 2.75) is 0 Å². The van der Waals surface area contributed by atoms with Crippen molar-refractivity contribution < 1.29 is 4.74 Å². The number of pyridine rings is 1. The molecule has 1 aromatic heterocycles. The molecule has 0 aliphatic carbocycles. The molecule has 0 N–H and O–H groups in total. The Labute approximate surface area is 120 Å². The number of rotatable bonds is 2. The van der Waals surface area contributed by atoms with Crippen LogP contribution < -0.4 is 4.74 Å². The zero-order valence-corrected chi connectivity index (χ0v) is 11.3. The second-order valence-corrected chi connectivity index (χ2v) is 4.80. The van der Waals surface area contributed by atoms with Crippen LogP contribution >= 0.6 is 23.2 Å². The summed E-state index contributed by atoms with van der Waals surface area (Å²) in [4.78, 5) is 4.22. The summed E-state index contributed by atoms with van der Waals surface area (Å²) in [5.74, 6) is 1.47. The SMILES string of the molecule is Clc1cnc2ccc(Oc3ccccc3)cc2c1Cl. The van der Waals surface area contributed by atoms with E-state index in [1.807, 2.05) is 48.5 Å². The van der Waals surface area contributed by atoms with E-state index in [0.29, 0.717) is 15.8 Å². The monoisotopic (exact) mass is 289 g/mol. The third-order valence-electron chi connectivity index (χ3n) is 2.71. The van der Waals surface area contributed by atoms with E-state index in [9.17, 15) is 0 Å². The highest BCUT2D eigenvalue weighted by molar-refractivity contribution is 6.45. The zero-order valence-electron chi connectivity index (χ0n) is 9.81. The normalized spacial score (nSPS) is 10.6. The highest BCUT2D eigenvalue weighted by Gasteiger charge is 2.07. The molecule has 0 spiro atoms. The topological polar surface area (TPSA) is 22.1 Å². The summed E-state index contributed by atoms with van der Waals surface area (Å²) < 4.78 is 5.75. The standard InChI is InChI=1S/C15H9Cl2NO/c16-13-9-18-14-7-6-11(8-12(14)15(13)17)19-10-4-2-1-3-5-10/h1-9H. The van der Waals surface area contributed by atoms with Gasteiger partial charge in [0.25, 0.3) is 0 Å². The van der Waals surface area contributed by atoms with Gasteiger partial charge in [-0.3, -0.25) is 4.98 Å². The Balaban J connectivity index is 2.04. The van der Waals surface area contributed by atoms with Gasteiger partial charge in [0.1, 0.15) is 11.5 Å². The lowest BCUT2D eigenvalue weighted by atomic mass is 10.2. The first-order valence-corrected chi connectivity index (χ1v) is 6.46. The van der Waals surface area contributed by atoms with Crippen LogP contribution in [0.3, 0.4) is 0 Å². The number of hydrogen-bond acceptors (Lipinski definition) is 2. The number of nitrogens with zero attached hydrogens (tertiary/aromatic N) is 1. The Kier molecular flexibility index (Phi) is 3.28.